The van der Waals surface area contributed by atoms with Gasteiger partial charge in [-0.25, -0.2) is 9.67 Å². The van der Waals surface area contributed by atoms with Crippen LogP contribution in [0.1, 0.15) is 20.2 Å². The molecule has 0 fully saturated rings. The molecular weight excluding hydrogens is 298 g/mol. The van der Waals surface area contributed by atoms with Gasteiger partial charge in [-0.15, -0.1) is 16.4 Å². The van der Waals surface area contributed by atoms with Crippen LogP contribution in [0.4, 0.5) is 0 Å². The number of benzene rings is 1. The van der Waals surface area contributed by atoms with E-state index in [1.807, 2.05) is 31.3 Å². The molecule has 0 saturated heterocycles. The van der Waals surface area contributed by atoms with Crippen molar-refractivity contribution in [2.24, 2.45) is 0 Å². The number of rotatable bonds is 4. The third-order valence-corrected chi connectivity index (χ3v) is 4.09. The van der Waals surface area contributed by atoms with Crippen LogP contribution < -0.4 is 0 Å². The predicted molar refractivity (Wildman–Crippen MR) is 84.0 cm³/mol. The van der Waals surface area contributed by atoms with Crippen LogP contribution in [-0.2, 0) is 6.54 Å². The van der Waals surface area contributed by atoms with Crippen LogP contribution >= 0.6 is 11.3 Å². The van der Waals surface area contributed by atoms with Crippen molar-refractivity contribution in [2.45, 2.75) is 13.5 Å². The Morgan fingerprint density at radius 2 is 2.27 bits per heavy atom. The van der Waals surface area contributed by atoms with E-state index in [1.54, 1.807) is 46.4 Å². The normalized spacial score (nSPS) is 10.6. The molecule has 0 aliphatic rings. The lowest BCUT2D eigenvalue weighted by Crippen LogP contribution is -2.25. The first-order valence-corrected chi connectivity index (χ1v) is 7.58. The Bertz CT molecular complexity index is 781. The van der Waals surface area contributed by atoms with Gasteiger partial charge in [-0.05, 0) is 25.1 Å². The summed E-state index contributed by atoms with van der Waals surface area (Å²) in [6, 6.07) is 7.34. The van der Waals surface area contributed by atoms with E-state index in [0.29, 0.717) is 12.1 Å². The second kappa shape index (κ2) is 6.07. The lowest BCUT2D eigenvalue weighted by Gasteiger charge is -2.16. The van der Waals surface area contributed by atoms with Gasteiger partial charge in [0.1, 0.15) is 0 Å². The maximum atomic E-state index is 12.5. The molecule has 0 saturated carbocycles. The molecule has 112 valence electrons. The van der Waals surface area contributed by atoms with Crippen LogP contribution in [0.2, 0.25) is 0 Å². The summed E-state index contributed by atoms with van der Waals surface area (Å²) in [6.07, 6.45) is 5.16. The summed E-state index contributed by atoms with van der Waals surface area (Å²) in [5.41, 5.74) is 1.43. The minimum absolute atomic E-state index is 0.0342. The average Bonchev–Trinajstić information content (AvgIpc) is 3.18. The molecule has 1 aromatic carbocycles. The fraction of sp³-hybridized carbons (Fsp3) is 0.200. The molecule has 2 heterocycles. The molecule has 0 unspecified atom stereocenters. The maximum Gasteiger partial charge on any atom is 0.253 e. The lowest BCUT2D eigenvalue weighted by atomic mass is 10.2. The largest absolute Gasteiger partial charge is 0.337 e. The Kier molecular flexibility index (Phi) is 3.97. The number of hydrogen-bond acceptors (Lipinski definition) is 5. The van der Waals surface area contributed by atoms with Crippen molar-refractivity contribution in [1.29, 1.82) is 0 Å². The van der Waals surface area contributed by atoms with Gasteiger partial charge in [0, 0.05) is 23.7 Å². The summed E-state index contributed by atoms with van der Waals surface area (Å²) in [4.78, 5) is 19.5. The van der Waals surface area contributed by atoms with Crippen molar-refractivity contribution in [3.05, 3.63) is 58.3 Å². The Morgan fingerprint density at radius 3 is 2.95 bits per heavy atom. The Balaban J connectivity index is 1.78. The summed E-state index contributed by atoms with van der Waals surface area (Å²) in [5.74, 6) is -0.0342. The molecule has 0 aliphatic carbocycles. The third-order valence-electron chi connectivity index (χ3n) is 3.19. The van der Waals surface area contributed by atoms with E-state index >= 15 is 0 Å². The first kappa shape index (κ1) is 14.4. The van der Waals surface area contributed by atoms with Crippen LogP contribution in [0.15, 0.2) is 42.9 Å². The molecule has 6 nitrogen and oxygen atoms in total. The van der Waals surface area contributed by atoms with Gasteiger partial charge < -0.3 is 4.90 Å². The van der Waals surface area contributed by atoms with Gasteiger partial charge in [-0.1, -0.05) is 11.3 Å². The second-order valence-electron chi connectivity index (χ2n) is 4.90. The molecule has 0 bridgehead atoms. The van der Waals surface area contributed by atoms with Crippen LogP contribution in [0.25, 0.3) is 5.69 Å². The van der Waals surface area contributed by atoms with Crippen LogP contribution in [0.3, 0.4) is 0 Å². The van der Waals surface area contributed by atoms with Gasteiger partial charge in [-0.2, -0.15) is 0 Å². The minimum atomic E-state index is -0.0342. The molecule has 1 amide bonds. The number of carbonyl (C=O) groups is 1. The highest BCUT2D eigenvalue weighted by Gasteiger charge is 2.14. The molecule has 0 atom stereocenters. The van der Waals surface area contributed by atoms with Crippen LogP contribution in [-0.4, -0.2) is 37.8 Å². The van der Waals surface area contributed by atoms with E-state index in [9.17, 15) is 4.79 Å². The fourth-order valence-electron chi connectivity index (χ4n) is 2.13. The highest BCUT2D eigenvalue weighted by molar-refractivity contribution is 7.11. The molecule has 0 aliphatic heterocycles. The number of amides is 1. The number of thiazole rings is 1. The van der Waals surface area contributed by atoms with E-state index in [0.717, 1.165) is 15.6 Å². The predicted octanol–water partition coefficient (Wildman–Crippen LogP) is 2.30. The van der Waals surface area contributed by atoms with Crippen molar-refractivity contribution in [3.63, 3.8) is 0 Å². The van der Waals surface area contributed by atoms with Gasteiger partial charge in [0.2, 0.25) is 0 Å². The third kappa shape index (κ3) is 3.04. The highest BCUT2D eigenvalue weighted by atomic mass is 32.1. The quantitative estimate of drug-likeness (QED) is 0.741. The van der Waals surface area contributed by atoms with Crippen LogP contribution in [0.5, 0.6) is 0 Å². The molecule has 0 N–H and O–H groups in total. The van der Waals surface area contributed by atoms with E-state index < -0.39 is 0 Å². The van der Waals surface area contributed by atoms with Crippen molar-refractivity contribution in [1.82, 2.24) is 24.9 Å². The average molecular weight is 313 g/mol. The van der Waals surface area contributed by atoms with E-state index in [-0.39, 0.29) is 5.91 Å². The zero-order chi connectivity index (χ0) is 15.5. The molecular formula is C15H15N5OS. The topological polar surface area (TPSA) is 63.9 Å². The summed E-state index contributed by atoms with van der Waals surface area (Å²) >= 11 is 1.60. The molecule has 22 heavy (non-hydrogen) atoms. The van der Waals surface area contributed by atoms with E-state index in [1.165, 1.54) is 0 Å². The summed E-state index contributed by atoms with van der Waals surface area (Å²) in [7, 11) is 1.79. The Hall–Kier alpha value is -2.54. The number of hydrogen-bond donors (Lipinski definition) is 0. The van der Waals surface area contributed by atoms with Crippen LogP contribution in [0, 0.1) is 6.92 Å². The van der Waals surface area contributed by atoms with Gasteiger partial charge in [0.15, 0.2) is 0 Å². The Labute approximate surface area is 132 Å². The molecule has 3 aromatic rings. The summed E-state index contributed by atoms with van der Waals surface area (Å²) < 4.78 is 1.63. The molecule has 7 heteroatoms. The van der Waals surface area contributed by atoms with Gasteiger partial charge in [0.25, 0.3) is 5.91 Å². The van der Waals surface area contributed by atoms with Crippen molar-refractivity contribution < 1.29 is 4.79 Å². The zero-order valence-electron chi connectivity index (χ0n) is 12.3. The standard InChI is InChI=1S/C15H15N5OS/c1-11-16-9-14(22-11)10-19(2)15(21)12-4-3-5-13(8-12)20-7-6-17-18-20/h3-9H,10H2,1-2H3. The second-order valence-corrected chi connectivity index (χ2v) is 6.22. The van der Waals surface area contributed by atoms with Crippen molar-refractivity contribution in [2.75, 3.05) is 7.05 Å². The monoisotopic (exact) mass is 313 g/mol. The molecule has 3 rings (SSSR count). The minimum Gasteiger partial charge on any atom is -0.337 e. The highest BCUT2D eigenvalue weighted by Crippen LogP contribution is 2.16. The van der Waals surface area contributed by atoms with Gasteiger partial charge in [0.05, 0.1) is 29.6 Å². The Morgan fingerprint density at radius 1 is 1.41 bits per heavy atom. The SMILES string of the molecule is Cc1ncc(CN(C)C(=O)c2cccc(-n3ccnn3)c2)s1. The van der Waals surface area contributed by atoms with Gasteiger partial charge in [-0.3, -0.25) is 4.79 Å². The number of aryl methyl sites for hydroxylation is 1. The van der Waals surface area contributed by atoms with Gasteiger partial charge >= 0.3 is 0 Å². The fourth-order valence-corrected chi connectivity index (χ4v) is 2.98. The summed E-state index contributed by atoms with van der Waals surface area (Å²) in [6.45, 7) is 2.51. The number of aromatic nitrogens is 4. The van der Waals surface area contributed by atoms with Crippen molar-refractivity contribution in [3.8, 4) is 5.69 Å². The summed E-state index contributed by atoms with van der Waals surface area (Å²) in [5, 5.41) is 8.72. The van der Waals surface area contributed by atoms with E-state index in [4.69, 9.17) is 0 Å². The molecule has 0 radical (unpaired) electrons. The smallest absolute Gasteiger partial charge is 0.253 e. The number of carbonyl (C=O) groups excluding carboxylic acids is 1. The van der Waals surface area contributed by atoms with E-state index in [2.05, 4.69) is 15.3 Å². The number of nitrogens with zero attached hydrogens (tertiary/aromatic N) is 5. The zero-order valence-corrected chi connectivity index (χ0v) is 13.1. The van der Waals surface area contributed by atoms with Crippen molar-refractivity contribution >= 4 is 17.2 Å². The molecule has 0 spiro atoms. The lowest BCUT2D eigenvalue weighted by molar-refractivity contribution is 0.0786. The first-order valence-electron chi connectivity index (χ1n) is 6.77. The molecule has 2 aromatic heterocycles. The first-order chi connectivity index (χ1) is 10.6. The maximum absolute atomic E-state index is 12.5.